The molecule has 0 amide bonds. The fraction of sp³-hybridized carbons (Fsp3) is 0.583. The number of nitrogens with zero attached hydrogens (tertiary/aromatic N) is 7. The molecule has 1 aliphatic carbocycles. The van der Waals surface area contributed by atoms with Crippen LogP contribution in [0.2, 0.25) is 0 Å². The molecule has 54 heavy (non-hydrogen) atoms. The van der Waals surface area contributed by atoms with Crippen LogP contribution >= 0.6 is 11.3 Å². The molecule has 2 aliphatic heterocycles. The number of thiophene rings is 1. The van der Waals surface area contributed by atoms with Gasteiger partial charge in [0.2, 0.25) is 16.0 Å². The van der Waals surface area contributed by atoms with Gasteiger partial charge in [0.15, 0.2) is 0 Å². The number of aromatic nitrogens is 3. The lowest BCUT2D eigenvalue weighted by molar-refractivity contribution is -0.143. The van der Waals surface area contributed by atoms with Gasteiger partial charge in [0.05, 0.1) is 26.8 Å². The molecule has 284 valence electrons. The highest BCUT2D eigenvalue weighted by molar-refractivity contribution is 7.89. The van der Waals surface area contributed by atoms with Gasteiger partial charge >= 0.3 is 6.18 Å². The number of sulfonamides is 1. The molecule has 0 spiro atoms. The van der Waals surface area contributed by atoms with E-state index in [9.17, 15) is 26.9 Å². The third-order valence-electron chi connectivity index (χ3n) is 11.3. The van der Waals surface area contributed by atoms with E-state index in [1.54, 1.807) is 11.4 Å². The number of piperazine rings is 1. The molecule has 5 heterocycles. The molecule has 2 N–H and O–H groups in total. The predicted molar refractivity (Wildman–Crippen MR) is 209 cm³/mol. The number of aryl methyl sites for hydroxylation is 1. The van der Waals surface area contributed by atoms with Gasteiger partial charge in [0.1, 0.15) is 22.4 Å². The Hall–Kier alpha value is -3.36. The number of nitriles is 1. The van der Waals surface area contributed by atoms with E-state index in [2.05, 4.69) is 67.0 Å². The standard InChI is InChI=1S/C36H44B2F3N9O2S2/c1-22(48-12-14-49(15-13-48)54(51,52)21-24-4-5-24)19-50-27(18-42)16-28-23(2)25(6-7-30(28)50)20-47-10-8-26(9-11-47)44-32-29-17-31(35(37,38)36(39,40)41)53-33(29)46-34(43-3)45-32/h6-7,16-17,22,24,26H,4-5,8-15,19-21H2,1-3H3,(H2,43,44,45,46)/t22-/m0/s1. The van der Waals surface area contributed by atoms with Gasteiger partial charge in [-0.3, -0.25) is 9.80 Å². The SMILES string of the molecule is [B]C([B])(c1cc2c(NC3CCN(Cc4ccc5c(cc(C#N)n5C[C@H](C)N5CCN(S(=O)(=O)CC6CC6)CC5)c4C)CC3)nc(NC)nc2s1)C(F)(F)F. The van der Waals surface area contributed by atoms with Gasteiger partial charge in [0, 0.05) is 92.5 Å². The molecule has 1 saturated carbocycles. The smallest absolute Gasteiger partial charge is 0.367 e. The molecule has 18 heteroatoms. The van der Waals surface area contributed by atoms with Crippen molar-refractivity contribution in [1.82, 2.24) is 28.6 Å². The molecule has 3 aliphatic rings. The van der Waals surface area contributed by atoms with Crippen LogP contribution in [0.1, 0.15) is 54.3 Å². The van der Waals surface area contributed by atoms with E-state index in [1.165, 1.54) is 11.6 Å². The highest BCUT2D eigenvalue weighted by Gasteiger charge is 2.48. The van der Waals surface area contributed by atoms with Crippen molar-refractivity contribution in [2.75, 3.05) is 62.7 Å². The Kier molecular flexibility index (Phi) is 10.8. The summed E-state index contributed by atoms with van der Waals surface area (Å²) in [5.74, 6) is 1.32. The van der Waals surface area contributed by atoms with Crippen molar-refractivity contribution in [3.63, 3.8) is 0 Å². The van der Waals surface area contributed by atoms with Gasteiger partial charge in [-0.1, -0.05) is 6.07 Å². The van der Waals surface area contributed by atoms with Gasteiger partial charge in [-0.15, -0.1) is 11.3 Å². The topological polar surface area (TPSA) is 122 Å². The minimum atomic E-state index is -4.84. The first-order chi connectivity index (χ1) is 25.6. The van der Waals surface area contributed by atoms with Crippen LogP contribution in [-0.2, 0) is 28.3 Å². The van der Waals surface area contributed by atoms with Gasteiger partial charge in [-0.05, 0) is 74.8 Å². The van der Waals surface area contributed by atoms with E-state index in [4.69, 9.17) is 15.7 Å². The second kappa shape index (κ2) is 14.9. The Balaban J connectivity index is 0.986. The van der Waals surface area contributed by atoms with E-state index in [1.807, 2.05) is 6.07 Å². The Labute approximate surface area is 321 Å². The minimum absolute atomic E-state index is 0.0448. The quantitative estimate of drug-likeness (QED) is 0.197. The second-order valence-electron chi connectivity index (χ2n) is 15.1. The monoisotopic (exact) mass is 777 g/mol. The number of benzene rings is 1. The molecule has 0 unspecified atom stereocenters. The zero-order valence-corrected chi connectivity index (χ0v) is 32.4. The number of piperidine rings is 1. The summed E-state index contributed by atoms with van der Waals surface area (Å²) >= 11 is 0.806. The lowest BCUT2D eigenvalue weighted by atomic mass is 9.53. The molecule has 4 radical (unpaired) electrons. The van der Waals surface area contributed by atoms with Crippen molar-refractivity contribution < 1.29 is 21.6 Å². The summed E-state index contributed by atoms with van der Waals surface area (Å²) < 4.78 is 70.2. The molecule has 2 saturated heterocycles. The average molecular weight is 778 g/mol. The third kappa shape index (κ3) is 7.84. The van der Waals surface area contributed by atoms with Crippen molar-refractivity contribution in [2.45, 2.75) is 76.1 Å². The number of hydrogen-bond acceptors (Lipinski definition) is 10. The zero-order valence-electron chi connectivity index (χ0n) is 30.8. The Morgan fingerprint density at radius 3 is 2.37 bits per heavy atom. The number of hydrogen-bond donors (Lipinski definition) is 2. The molecular weight excluding hydrogens is 733 g/mol. The van der Waals surface area contributed by atoms with E-state index < -0.39 is 21.4 Å². The summed E-state index contributed by atoms with van der Waals surface area (Å²) in [6, 6.07) is 10.1. The van der Waals surface area contributed by atoms with E-state index in [-0.39, 0.29) is 28.7 Å². The van der Waals surface area contributed by atoms with Crippen molar-refractivity contribution in [1.29, 1.82) is 5.26 Å². The number of fused-ring (bicyclic) bond motifs is 2. The summed E-state index contributed by atoms with van der Waals surface area (Å²) in [6.45, 7) is 9.56. The van der Waals surface area contributed by atoms with E-state index >= 15 is 0 Å². The van der Waals surface area contributed by atoms with Crippen molar-refractivity contribution in [3.8, 4) is 6.07 Å². The minimum Gasteiger partial charge on any atom is -0.367 e. The first kappa shape index (κ1) is 38.9. The van der Waals surface area contributed by atoms with Gasteiger partial charge in [-0.25, -0.2) is 13.4 Å². The molecule has 7 rings (SSSR count). The lowest BCUT2D eigenvalue weighted by Gasteiger charge is -2.37. The highest BCUT2D eigenvalue weighted by Crippen LogP contribution is 2.42. The van der Waals surface area contributed by atoms with E-state index in [0.717, 1.165) is 73.1 Å². The van der Waals surface area contributed by atoms with Crippen LogP contribution in [0, 0.1) is 24.2 Å². The normalized spacial score (nSPS) is 19.4. The molecule has 3 fully saturated rings. The lowest BCUT2D eigenvalue weighted by Crippen LogP contribution is -2.52. The van der Waals surface area contributed by atoms with Crippen molar-refractivity contribution >= 4 is 69.9 Å². The van der Waals surface area contributed by atoms with Gasteiger partial charge < -0.3 is 15.2 Å². The van der Waals surface area contributed by atoms with Crippen LogP contribution in [0.25, 0.3) is 21.1 Å². The summed E-state index contributed by atoms with van der Waals surface area (Å²) in [7, 11) is 9.51. The van der Waals surface area contributed by atoms with Crippen molar-refractivity contribution in [2.24, 2.45) is 5.92 Å². The van der Waals surface area contributed by atoms with Crippen molar-refractivity contribution in [3.05, 3.63) is 46.0 Å². The van der Waals surface area contributed by atoms with E-state index in [0.29, 0.717) is 60.4 Å². The molecule has 11 nitrogen and oxygen atoms in total. The largest absolute Gasteiger partial charge is 0.384 e. The highest BCUT2D eigenvalue weighted by atomic mass is 32.2. The fourth-order valence-corrected chi connectivity index (χ4v) is 10.6. The first-order valence-electron chi connectivity index (χ1n) is 18.4. The summed E-state index contributed by atoms with van der Waals surface area (Å²) in [4.78, 5) is 13.7. The van der Waals surface area contributed by atoms with Crippen LogP contribution in [0.15, 0.2) is 24.3 Å². The third-order valence-corrected chi connectivity index (χ3v) is 14.5. The number of halogens is 3. The fourth-order valence-electron chi connectivity index (χ4n) is 7.63. The van der Waals surface area contributed by atoms with Crippen LogP contribution in [0.3, 0.4) is 0 Å². The van der Waals surface area contributed by atoms with Crippen LogP contribution in [0.5, 0.6) is 0 Å². The maximum Gasteiger partial charge on any atom is 0.384 e. The number of nitrogens with one attached hydrogen (secondary N) is 2. The maximum atomic E-state index is 13.6. The summed E-state index contributed by atoms with van der Waals surface area (Å²) in [6.07, 6.45) is -1.21. The molecule has 1 atom stereocenters. The van der Waals surface area contributed by atoms with Gasteiger partial charge in [0.25, 0.3) is 0 Å². The molecule has 0 bridgehead atoms. The number of likely N-dealkylation sites (tertiary alicyclic amines) is 1. The molecule has 4 aromatic rings. The Morgan fingerprint density at radius 1 is 1.04 bits per heavy atom. The predicted octanol–water partition coefficient (Wildman–Crippen LogP) is 4.74. The summed E-state index contributed by atoms with van der Waals surface area (Å²) in [5, 5.41) is 14.9. The number of rotatable bonds is 12. The Bertz CT molecular complexity index is 2170. The van der Waals surface area contributed by atoms with Crippen LogP contribution < -0.4 is 10.6 Å². The first-order valence-corrected chi connectivity index (χ1v) is 20.9. The summed E-state index contributed by atoms with van der Waals surface area (Å²) in [5.41, 5.74) is 3.94. The Morgan fingerprint density at radius 2 is 1.74 bits per heavy atom. The molecule has 3 aromatic heterocycles. The van der Waals surface area contributed by atoms with Crippen LogP contribution in [0.4, 0.5) is 24.9 Å². The number of anilines is 2. The maximum absolute atomic E-state index is 13.6. The molecule has 1 aromatic carbocycles. The average Bonchev–Trinajstić information content (AvgIpc) is 3.70. The zero-order chi connectivity index (χ0) is 38.6. The number of alkyl halides is 3. The second-order valence-corrected chi connectivity index (χ2v) is 18.1. The van der Waals surface area contributed by atoms with Gasteiger partial charge in [-0.2, -0.15) is 27.7 Å². The molecular formula is C36H44B2F3N9O2S2. The van der Waals surface area contributed by atoms with Crippen LogP contribution in [-0.4, -0.2) is 123 Å².